The van der Waals surface area contributed by atoms with Crippen LogP contribution in [0.3, 0.4) is 0 Å². The Balaban J connectivity index is 2.56. The summed E-state index contributed by atoms with van der Waals surface area (Å²) in [7, 11) is 1.30. The molecule has 0 spiro atoms. The number of hydrogen-bond donors (Lipinski definition) is 1. The summed E-state index contributed by atoms with van der Waals surface area (Å²) in [5, 5.41) is 2.60. The number of nitrogens with one attached hydrogen (secondary N) is 1. The third-order valence-electron chi connectivity index (χ3n) is 3.07. The van der Waals surface area contributed by atoms with Gasteiger partial charge in [0.1, 0.15) is 22.7 Å². The van der Waals surface area contributed by atoms with Crippen molar-refractivity contribution in [2.75, 3.05) is 13.7 Å². The van der Waals surface area contributed by atoms with E-state index in [1.54, 1.807) is 0 Å². The SMILES string of the molecule is COc1ccc(C(=O)NCC(C)=O)c2ccc(C(F)(F)F)nc12. The second-order valence-corrected chi connectivity index (χ2v) is 4.79. The van der Waals surface area contributed by atoms with Gasteiger partial charge in [0, 0.05) is 10.9 Å². The Hall–Kier alpha value is -2.64. The number of hydrogen-bond acceptors (Lipinski definition) is 4. The highest BCUT2D eigenvalue weighted by molar-refractivity contribution is 6.08. The molecule has 1 aromatic carbocycles. The van der Waals surface area contributed by atoms with Crippen LogP contribution in [0.2, 0.25) is 0 Å². The van der Waals surface area contributed by atoms with Gasteiger partial charge in [0.25, 0.3) is 5.91 Å². The molecular formula is C15H13F3N2O3. The molecule has 2 rings (SSSR count). The first-order valence-electron chi connectivity index (χ1n) is 6.56. The van der Waals surface area contributed by atoms with E-state index in [0.717, 1.165) is 12.1 Å². The number of nitrogens with zero attached hydrogens (tertiary/aromatic N) is 1. The van der Waals surface area contributed by atoms with Crippen molar-refractivity contribution in [3.8, 4) is 5.75 Å². The van der Waals surface area contributed by atoms with Crippen molar-refractivity contribution in [3.05, 3.63) is 35.5 Å². The third-order valence-corrected chi connectivity index (χ3v) is 3.07. The van der Waals surface area contributed by atoms with E-state index >= 15 is 0 Å². The number of halogens is 3. The second-order valence-electron chi connectivity index (χ2n) is 4.79. The fraction of sp³-hybridized carbons (Fsp3) is 0.267. The summed E-state index contributed by atoms with van der Waals surface area (Å²) < 4.78 is 43.4. The topological polar surface area (TPSA) is 68.3 Å². The summed E-state index contributed by atoms with van der Waals surface area (Å²) in [6.45, 7) is 1.14. The van der Waals surface area contributed by atoms with E-state index in [1.807, 2.05) is 0 Å². The number of carbonyl (C=O) groups is 2. The summed E-state index contributed by atoms with van der Waals surface area (Å²) >= 11 is 0. The molecule has 0 atom stereocenters. The van der Waals surface area contributed by atoms with Gasteiger partial charge in [-0.15, -0.1) is 0 Å². The Morgan fingerprint density at radius 1 is 1.22 bits per heavy atom. The number of fused-ring (bicyclic) bond motifs is 1. The molecule has 0 unspecified atom stereocenters. The van der Waals surface area contributed by atoms with Crippen LogP contribution in [0.1, 0.15) is 23.0 Å². The normalized spacial score (nSPS) is 11.3. The molecule has 0 fully saturated rings. The zero-order valence-corrected chi connectivity index (χ0v) is 12.3. The Morgan fingerprint density at radius 2 is 1.91 bits per heavy atom. The van der Waals surface area contributed by atoms with Crippen molar-refractivity contribution in [2.45, 2.75) is 13.1 Å². The minimum absolute atomic E-state index is 0.0715. The van der Waals surface area contributed by atoms with Crippen LogP contribution in [0.25, 0.3) is 10.9 Å². The minimum atomic E-state index is -4.61. The molecule has 122 valence electrons. The molecule has 0 bridgehead atoms. The summed E-state index contributed by atoms with van der Waals surface area (Å²) in [6.07, 6.45) is -4.61. The van der Waals surface area contributed by atoms with Crippen LogP contribution >= 0.6 is 0 Å². The maximum Gasteiger partial charge on any atom is 0.433 e. The van der Waals surface area contributed by atoms with Gasteiger partial charge in [-0.3, -0.25) is 9.59 Å². The zero-order chi connectivity index (χ0) is 17.2. The van der Waals surface area contributed by atoms with Crippen LogP contribution in [-0.2, 0) is 11.0 Å². The van der Waals surface area contributed by atoms with Crippen molar-refractivity contribution in [2.24, 2.45) is 0 Å². The molecule has 1 amide bonds. The fourth-order valence-corrected chi connectivity index (χ4v) is 2.01. The van der Waals surface area contributed by atoms with Gasteiger partial charge in [0.05, 0.1) is 13.7 Å². The molecule has 1 aromatic heterocycles. The lowest BCUT2D eigenvalue weighted by atomic mass is 10.1. The van der Waals surface area contributed by atoms with E-state index < -0.39 is 17.8 Å². The standard InChI is InChI=1S/C15H13F3N2O3/c1-8(21)7-19-14(22)10-3-5-11(23-2)13-9(10)4-6-12(20-13)15(16,17)18/h3-6H,7H2,1-2H3,(H,19,22). The predicted molar refractivity (Wildman–Crippen MR) is 76.3 cm³/mol. The van der Waals surface area contributed by atoms with E-state index in [1.165, 1.54) is 26.2 Å². The fourth-order valence-electron chi connectivity index (χ4n) is 2.01. The molecule has 0 saturated carbocycles. The number of carbonyl (C=O) groups excluding carboxylic acids is 2. The van der Waals surface area contributed by atoms with Crippen molar-refractivity contribution < 1.29 is 27.5 Å². The lowest BCUT2D eigenvalue weighted by Crippen LogP contribution is -2.28. The van der Waals surface area contributed by atoms with Crippen LogP contribution in [-0.4, -0.2) is 30.3 Å². The van der Waals surface area contributed by atoms with Gasteiger partial charge >= 0.3 is 6.18 Å². The molecule has 0 aliphatic carbocycles. The van der Waals surface area contributed by atoms with Crippen molar-refractivity contribution in [1.29, 1.82) is 0 Å². The molecule has 23 heavy (non-hydrogen) atoms. The van der Waals surface area contributed by atoms with Crippen molar-refractivity contribution >= 4 is 22.6 Å². The zero-order valence-electron chi connectivity index (χ0n) is 12.3. The Morgan fingerprint density at radius 3 is 2.48 bits per heavy atom. The number of aromatic nitrogens is 1. The first-order chi connectivity index (χ1) is 10.7. The van der Waals surface area contributed by atoms with Crippen LogP contribution in [0.15, 0.2) is 24.3 Å². The van der Waals surface area contributed by atoms with Gasteiger partial charge in [-0.25, -0.2) is 4.98 Å². The average molecular weight is 326 g/mol. The van der Waals surface area contributed by atoms with Crippen molar-refractivity contribution in [1.82, 2.24) is 10.3 Å². The lowest BCUT2D eigenvalue weighted by molar-refractivity contribution is -0.141. The van der Waals surface area contributed by atoms with Crippen LogP contribution in [0.5, 0.6) is 5.75 Å². The molecule has 2 aromatic rings. The molecule has 0 radical (unpaired) electrons. The monoisotopic (exact) mass is 326 g/mol. The summed E-state index contributed by atoms with van der Waals surface area (Å²) in [4.78, 5) is 26.6. The number of methoxy groups -OCH3 is 1. The predicted octanol–water partition coefficient (Wildman–Crippen LogP) is 2.58. The van der Waals surface area contributed by atoms with Gasteiger partial charge in [0.2, 0.25) is 0 Å². The number of amides is 1. The first-order valence-corrected chi connectivity index (χ1v) is 6.56. The molecule has 0 aliphatic rings. The second kappa shape index (κ2) is 6.23. The van der Waals surface area contributed by atoms with Crippen LogP contribution in [0.4, 0.5) is 13.2 Å². The van der Waals surface area contributed by atoms with Gasteiger partial charge < -0.3 is 10.1 Å². The van der Waals surface area contributed by atoms with Gasteiger partial charge in [0.15, 0.2) is 0 Å². The van der Waals surface area contributed by atoms with Gasteiger partial charge in [-0.05, 0) is 31.2 Å². The lowest BCUT2D eigenvalue weighted by Gasteiger charge is -2.12. The first kappa shape index (κ1) is 16.7. The van der Waals surface area contributed by atoms with E-state index in [9.17, 15) is 22.8 Å². The number of Topliss-reactive ketones (excluding diaryl/α,β-unsaturated/α-hetero) is 1. The van der Waals surface area contributed by atoms with Gasteiger partial charge in [-0.2, -0.15) is 13.2 Å². The Bertz CT molecular complexity index is 772. The van der Waals surface area contributed by atoms with E-state index in [-0.39, 0.29) is 34.5 Å². The molecule has 5 nitrogen and oxygen atoms in total. The van der Waals surface area contributed by atoms with Crippen LogP contribution < -0.4 is 10.1 Å². The van der Waals surface area contributed by atoms with Gasteiger partial charge in [-0.1, -0.05) is 0 Å². The number of alkyl halides is 3. The molecular weight excluding hydrogens is 313 g/mol. The number of benzene rings is 1. The highest BCUT2D eigenvalue weighted by Gasteiger charge is 2.33. The minimum Gasteiger partial charge on any atom is -0.494 e. The quantitative estimate of drug-likeness (QED) is 0.938. The number of pyridine rings is 1. The van der Waals surface area contributed by atoms with E-state index in [0.29, 0.717) is 0 Å². The van der Waals surface area contributed by atoms with Crippen molar-refractivity contribution in [3.63, 3.8) is 0 Å². The molecule has 0 aliphatic heterocycles. The smallest absolute Gasteiger partial charge is 0.433 e. The van der Waals surface area contributed by atoms with E-state index in [4.69, 9.17) is 4.74 Å². The molecule has 0 saturated heterocycles. The largest absolute Gasteiger partial charge is 0.494 e. The molecule has 1 heterocycles. The third kappa shape index (κ3) is 3.58. The summed E-state index contributed by atoms with van der Waals surface area (Å²) in [6, 6.07) is 4.73. The Labute approximate surface area is 129 Å². The number of rotatable bonds is 4. The molecule has 8 heteroatoms. The number of ether oxygens (including phenoxy) is 1. The van der Waals surface area contributed by atoms with Crippen LogP contribution in [0, 0.1) is 0 Å². The Kier molecular flexibility index (Phi) is 4.53. The average Bonchev–Trinajstić information content (AvgIpc) is 2.50. The summed E-state index contributed by atoms with van der Waals surface area (Å²) in [5.41, 5.74) is -1.04. The maximum atomic E-state index is 12.8. The molecule has 1 N–H and O–H groups in total. The highest BCUT2D eigenvalue weighted by Crippen LogP contribution is 2.33. The van der Waals surface area contributed by atoms with E-state index in [2.05, 4.69) is 10.3 Å². The summed E-state index contributed by atoms with van der Waals surface area (Å²) in [5.74, 6) is -0.697. The maximum absolute atomic E-state index is 12.8. The highest BCUT2D eigenvalue weighted by atomic mass is 19.4. The number of ketones is 1.